The number of rotatable bonds is 2. The molecule has 1 aliphatic carbocycles. The molecule has 1 fully saturated rings. The van der Waals surface area contributed by atoms with Crippen LogP contribution < -0.4 is 10.9 Å². The average molecular weight is 287 g/mol. The molecule has 2 N–H and O–H groups in total. The molecule has 6 nitrogen and oxygen atoms in total. The molecule has 0 aromatic carbocycles. The van der Waals surface area contributed by atoms with Gasteiger partial charge in [0.05, 0.1) is 0 Å². The molecule has 0 unspecified atom stereocenters. The first-order chi connectivity index (χ1) is 10.1. The third kappa shape index (κ3) is 2.49. The van der Waals surface area contributed by atoms with E-state index in [1.807, 2.05) is 6.92 Å². The van der Waals surface area contributed by atoms with Gasteiger partial charge in [0.15, 0.2) is 5.56 Å². The van der Waals surface area contributed by atoms with Gasteiger partial charge >= 0.3 is 0 Å². The van der Waals surface area contributed by atoms with Gasteiger partial charge in [-0.05, 0) is 31.4 Å². The lowest BCUT2D eigenvalue weighted by Gasteiger charge is -2.12. The summed E-state index contributed by atoms with van der Waals surface area (Å²) >= 11 is 0. The number of aromatic nitrogens is 2. The fourth-order valence-corrected chi connectivity index (χ4v) is 2.76. The van der Waals surface area contributed by atoms with E-state index in [0.717, 1.165) is 31.2 Å². The summed E-state index contributed by atoms with van der Waals surface area (Å²) in [5, 5.41) is 12.7. The molecule has 6 heteroatoms. The number of amides is 1. The van der Waals surface area contributed by atoms with Crippen LogP contribution in [0.5, 0.6) is 5.88 Å². The van der Waals surface area contributed by atoms with Crippen LogP contribution in [0.15, 0.2) is 23.1 Å². The molecule has 2 aromatic rings. The number of pyridine rings is 1. The molecule has 0 radical (unpaired) electrons. The van der Waals surface area contributed by atoms with E-state index in [1.165, 1.54) is 4.40 Å². The molecule has 2 aromatic heterocycles. The Morgan fingerprint density at radius 3 is 2.81 bits per heavy atom. The first-order valence-electron chi connectivity index (χ1n) is 7.09. The molecule has 0 spiro atoms. The van der Waals surface area contributed by atoms with Crippen molar-refractivity contribution >= 4 is 11.6 Å². The molecule has 0 saturated heterocycles. The fraction of sp³-hybridized carbons (Fsp3) is 0.400. The molecule has 1 saturated carbocycles. The van der Waals surface area contributed by atoms with Crippen LogP contribution in [-0.2, 0) is 0 Å². The van der Waals surface area contributed by atoms with Crippen molar-refractivity contribution in [3.63, 3.8) is 0 Å². The predicted molar refractivity (Wildman–Crippen MR) is 77.6 cm³/mol. The maximum absolute atomic E-state index is 12.4. The second-order valence-corrected chi connectivity index (χ2v) is 5.51. The Balaban J connectivity index is 2.04. The summed E-state index contributed by atoms with van der Waals surface area (Å²) < 4.78 is 1.29. The van der Waals surface area contributed by atoms with Crippen molar-refractivity contribution in [2.24, 2.45) is 0 Å². The highest BCUT2D eigenvalue weighted by Gasteiger charge is 2.24. The maximum atomic E-state index is 12.4. The molecule has 1 aliphatic rings. The van der Waals surface area contributed by atoms with Gasteiger partial charge in [-0.2, -0.15) is 4.98 Å². The second kappa shape index (κ2) is 5.20. The van der Waals surface area contributed by atoms with Crippen molar-refractivity contribution in [2.75, 3.05) is 0 Å². The summed E-state index contributed by atoms with van der Waals surface area (Å²) in [6.45, 7) is 1.84. The van der Waals surface area contributed by atoms with Gasteiger partial charge in [0, 0.05) is 12.2 Å². The van der Waals surface area contributed by atoms with Gasteiger partial charge in [0.1, 0.15) is 5.65 Å². The number of hydrogen-bond acceptors (Lipinski definition) is 4. The molecule has 1 amide bonds. The molecule has 110 valence electrons. The lowest BCUT2D eigenvalue weighted by molar-refractivity contribution is 0.0932. The van der Waals surface area contributed by atoms with Gasteiger partial charge in [0.25, 0.3) is 11.5 Å². The topological polar surface area (TPSA) is 83.7 Å². The van der Waals surface area contributed by atoms with Crippen molar-refractivity contribution in [3.05, 3.63) is 39.8 Å². The zero-order chi connectivity index (χ0) is 15.0. The Labute approximate surface area is 121 Å². The minimum Gasteiger partial charge on any atom is -0.493 e. The Morgan fingerprint density at radius 1 is 1.38 bits per heavy atom. The Bertz CT molecular complexity index is 761. The van der Waals surface area contributed by atoms with Crippen molar-refractivity contribution in [3.8, 4) is 5.88 Å². The summed E-state index contributed by atoms with van der Waals surface area (Å²) in [7, 11) is 0. The summed E-state index contributed by atoms with van der Waals surface area (Å²) in [4.78, 5) is 28.6. The molecule has 21 heavy (non-hydrogen) atoms. The predicted octanol–water partition coefficient (Wildman–Crippen LogP) is 1.38. The quantitative estimate of drug-likeness (QED) is 0.874. The Kier molecular flexibility index (Phi) is 3.37. The first-order valence-corrected chi connectivity index (χ1v) is 7.09. The molecule has 2 heterocycles. The number of aryl methyl sites for hydroxylation is 1. The van der Waals surface area contributed by atoms with E-state index in [1.54, 1.807) is 18.3 Å². The zero-order valence-corrected chi connectivity index (χ0v) is 11.8. The van der Waals surface area contributed by atoms with E-state index in [4.69, 9.17) is 0 Å². The lowest BCUT2D eigenvalue weighted by atomic mass is 10.2. The van der Waals surface area contributed by atoms with Gasteiger partial charge in [-0.1, -0.05) is 18.9 Å². The van der Waals surface area contributed by atoms with Crippen LogP contribution in [0.2, 0.25) is 0 Å². The number of nitrogens with one attached hydrogen (secondary N) is 1. The SMILES string of the molecule is Cc1ccc2nc(O)c(C(=O)NC3CCCC3)c(=O)n2c1. The number of aromatic hydroxyl groups is 1. The smallest absolute Gasteiger partial charge is 0.274 e. The van der Waals surface area contributed by atoms with Crippen molar-refractivity contribution < 1.29 is 9.90 Å². The monoisotopic (exact) mass is 287 g/mol. The molecular formula is C15H17N3O3. The first kappa shape index (κ1) is 13.6. The van der Waals surface area contributed by atoms with E-state index in [2.05, 4.69) is 10.3 Å². The molecule has 0 bridgehead atoms. The molecule has 0 atom stereocenters. The van der Waals surface area contributed by atoms with Gasteiger partial charge in [-0.15, -0.1) is 0 Å². The van der Waals surface area contributed by atoms with Crippen LogP contribution in [-0.4, -0.2) is 26.4 Å². The van der Waals surface area contributed by atoms with E-state index < -0.39 is 17.3 Å². The van der Waals surface area contributed by atoms with Gasteiger partial charge in [-0.3, -0.25) is 14.0 Å². The van der Waals surface area contributed by atoms with E-state index >= 15 is 0 Å². The number of fused-ring (bicyclic) bond motifs is 1. The molecule has 3 rings (SSSR count). The standard InChI is InChI=1S/C15H17N3O3/c1-9-6-7-11-17-14(20)12(15(21)18(11)8-9)13(19)16-10-4-2-3-5-10/h6-8,10,20H,2-5H2,1H3,(H,16,19). The normalized spacial score (nSPS) is 15.5. The lowest BCUT2D eigenvalue weighted by Crippen LogP contribution is -2.37. The summed E-state index contributed by atoms with van der Waals surface area (Å²) in [5.41, 5.74) is 0.362. The van der Waals surface area contributed by atoms with Crippen molar-refractivity contribution in [1.82, 2.24) is 14.7 Å². The highest BCUT2D eigenvalue weighted by atomic mass is 16.3. The third-order valence-electron chi connectivity index (χ3n) is 3.87. The maximum Gasteiger partial charge on any atom is 0.274 e. The fourth-order valence-electron chi connectivity index (χ4n) is 2.76. The van der Waals surface area contributed by atoms with Crippen LogP contribution in [0.4, 0.5) is 0 Å². The van der Waals surface area contributed by atoms with E-state index in [9.17, 15) is 14.7 Å². The highest BCUT2D eigenvalue weighted by Crippen LogP contribution is 2.19. The highest BCUT2D eigenvalue weighted by molar-refractivity contribution is 5.96. The summed E-state index contributed by atoms with van der Waals surface area (Å²) in [6.07, 6.45) is 5.58. The van der Waals surface area contributed by atoms with Crippen molar-refractivity contribution in [2.45, 2.75) is 38.6 Å². The minimum atomic E-state index is -0.548. The number of carbonyl (C=O) groups excluding carboxylic acids is 1. The second-order valence-electron chi connectivity index (χ2n) is 5.51. The van der Waals surface area contributed by atoms with E-state index in [-0.39, 0.29) is 11.6 Å². The largest absolute Gasteiger partial charge is 0.493 e. The summed E-state index contributed by atoms with van der Waals surface area (Å²) in [5.74, 6) is -1.06. The minimum absolute atomic E-state index is 0.0782. The Morgan fingerprint density at radius 2 is 2.10 bits per heavy atom. The van der Waals surface area contributed by atoms with Gasteiger partial charge in [0.2, 0.25) is 5.88 Å². The van der Waals surface area contributed by atoms with Gasteiger partial charge < -0.3 is 10.4 Å². The summed E-state index contributed by atoms with van der Waals surface area (Å²) in [6, 6.07) is 3.50. The molecule has 0 aliphatic heterocycles. The molecular weight excluding hydrogens is 270 g/mol. The third-order valence-corrected chi connectivity index (χ3v) is 3.87. The number of nitrogens with zero attached hydrogens (tertiary/aromatic N) is 2. The Hall–Kier alpha value is -2.37. The van der Waals surface area contributed by atoms with Crippen LogP contribution in [0, 0.1) is 6.92 Å². The van der Waals surface area contributed by atoms with Crippen LogP contribution in [0.25, 0.3) is 5.65 Å². The number of hydrogen-bond donors (Lipinski definition) is 2. The average Bonchev–Trinajstić information content (AvgIpc) is 2.92. The number of carbonyl (C=O) groups is 1. The van der Waals surface area contributed by atoms with Crippen LogP contribution in [0.1, 0.15) is 41.6 Å². The van der Waals surface area contributed by atoms with Crippen LogP contribution in [0.3, 0.4) is 0 Å². The van der Waals surface area contributed by atoms with E-state index in [0.29, 0.717) is 5.65 Å². The van der Waals surface area contributed by atoms with Gasteiger partial charge in [-0.25, -0.2) is 0 Å². The van der Waals surface area contributed by atoms with Crippen LogP contribution >= 0.6 is 0 Å². The zero-order valence-electron chi connectivity index (χ0n) is 11.8. The van der Waals surface area contributed by atoms with Crippen molar-refractivity contribution in [1.29, 1.82) is 0 Å².